The van der Waals surface area contributed by atoms with Crippen molar-refractivity contribution >= 4 is 35.0 Å². The first kappa shape index (κ1) is 18.7. The van der Waals surface area contributed by atoms with E-state index < -0.39 is 5.82 Å². The number of hydrogen-bond donors (Lipinski definition) is 2. The van der Waals surface area contributed by atoms with Crippen LogP contribution in [0.5, 0.6) is 0 Å². The molecule has 6 heteroatoms. The molecule has 0 fully saturated rings. The summed E-state index contributed by atoms with van der Waals surface area (Å²) in [6, 6.07) is 21.8. The Morgan fingerprint density at radius 2 is 1.52 bits per heavy atom. The Kier molecular flexibility index (Phi) is 6.22. The summed E-state index contributed by atoms with van der Waals surface area (Å²) in [6.45, 7) is 0. The second-order valence-corrected chi connectivity index (χ2v) is 6.74. The maximum Gasteiger partial charge on any atom is 0.255 e. The fraction of sp³-hybridized carbons (Fsp3) is 0.0476. The summed E-state index contributed by atoms with van der Waals surface area (Å²) in [7, 11) is 0. The number of hydrogen-bond acceptors (Lipinski definition) is 3. The minimum absolute atomic E-state index is 0.105. The zero-order valence-corrected chi connectivity index (χ0v) is 15.1. The summed E-state index contributed by atoms with van der Waals surface area (Å²) in [6.07, 6.45) is 0. The summed E-state index contributed by atoms with van der Waals surface area (Å²) in [4.78, 5) is 25.1. The number of rotatable bonds is 6. The average Bonchev–Trinajstić information content (AvgIpc) is 2.68. The molecule has 0 saturated heterocycles. The number of anilines is 2. The van der Waals surface area contributed by atoms with Crippen LogP contribution in [0.25, 0.3) is 0 Å². The lowest BCUT2D eigenvalue weighted by atomic mass is 10.2. The van der Waals surface area contributed by atoms with Gasteiger partial charge in [-0.1, -0.05) is 24.3 Å². The summed E-state index contributed by atoms with van der Waals surface area (Å²) in [5.74, 6) is -0.561. The number of nitrogens with one attached hydrogen (secondary N) is 2. The number of benzene rings is 3. The highest BCUT2D eigenvalue weighted by Crippen LogP contribution is 2.22. The van der Waals surface area contributed by atoms with Gasteiger partial charge in [0.1, 0.15) is 5.82 Å². The van der Waals surface area contributed by atoms with Gasteiger partial charge in [-0.25, -0.2) is 4.39 Å². The molecule has 0 heterocycles. The molecule has 0 aliphatic carbocycles. The predicted molar refractivity (Wildman–Crippen MR) is 107 cm³/mol. The van der Waals surface area contributed by atoms with Gasteiger partial charge in [0.15, 0.2) is 0 Å². The fourth-order valence-electron chi connectivity index (χ4n) is 2.34. The molecular weight excluding hydrogens is 363 g/mol. The van der Waals surface area contributed by atoms with Crippen molar-refractivity contribution < 1.29 is 14.0 Å². The van der Waals surface area contributed by atoms with E-state index in [1.165, 1.54) is 36.0 Å². The van der Waals surface area contributed by atoms with Crippen molar-refractivity contribution in [2.75, 3.05) is 16.4 Å². The second-order valence-electron chi connectivity index (χ2n) is 5.69. The van der Waals surface area contributed by atoms with E-state index in [1.54, 1.807) is 18.2 Å². The van der Waals surface area contributed by atoms with Gasteiger partial charge in [-0.3, -0.25) is 9.59 Å². The van der Waals surface area contributed by atoms with Crippen molar-refractivity contribution in [2.24, 2.45) is 0 Å². The third-order valence-corrected chi connectivity index (χ3v) is 4.62. The smallest absolute Gasteiger partial charge is 0.255 e. The molecule has 3 rings (SSSR count). The summed E-state index contributed by atoms with van der Waals surface area (Å²) in [5, 5.41) is 5.60. The number of halogens is 1. The molecule has 0 aromatic heterocycles. The van der Waals surface area contributed by atoms with Crippen molar-refractivity contribution in [3.8, 4) is 0 Å². The van der Waals surface area contributed by atoms with E-state index in [9.17, 15) is 14.0 Å². The first-order valence-electron chi connectivity index (χ1n) is 8.25. The molecule has 0 aliphatic heterocycles. The second kappa shape index (κ2) is 9.00. The van der Waals surface area contributed by atoms with Gasteiger partial charge in [-0.15, -0.1) is 11.8 Å². The van der Waals surface area contributed by atoms with E-state index in [0.29, 0.717) is 11.3 Å². The Bertz CT molecular complexity index is 930. The Morgan fingerprint density at radius 3 is 2.26 bits per heavy atom. The molecular formula is C21H17FN2O2S. The van der Waals surface area contributed by atoms with E-state index in [2.05, 4.69) is 10.6 Å². The molecule has 0 atom stereocenters. The van der Waals surface area contributed by atoms with Crippen LogP contribution in [0, 0.1) is 5.82 Å². The lowest BCUT2D eigenvalue weighted by Crippen LogP contribution is -2.14. The van der Waals surface area contributed by atoms with Gasteiger partial charge in [0.2, 0.25) is 5.91 Å². The lowest BCUT2D eigenvalue weighted by molar-refractivity contribution is -0.113. The van der Waals surface area contributed by atoms with E-state index >= 15 is 0 Å². The van der Waals surface area contributed by atoms with Crippen molar-refractivity contribution in [3.05, 3.63) is 90.2 Å². The van der Waals surface area contributed by atoms with Crippen molar-refractivity contribution in [3.63, 3.8) is 0 Å². The molecule has 4 nitrogen and oxygen atoms in total. The van der Waals surface area contributed by atoms with Crippen LogP contribution in [-0.4, -0.2) is 17.6 Å². The maximum atomic E-state index is 13.0. The highest BCUT2D eigenvalue weighted by Gasteiger charge is 2.08. The highest BCUT2D eigenvalue weighted by molar-refractivity contribution is 8.00. The standard InChI is InChI=1S/C21H17FN2O2S/c22-16-11-9-15(10-12-16)21(26)24-18-7-4-8-19(13-18)27-14-20(25)23-17-5-2-1-3-6-17/h1-13H,14H2,(H,23,25)(H,24,26). The van der Waals surface area contributed by atoms with Gasteiger partial charge >= 0.3 is 0 Å². The van der Waals surface area contributed by atoms with Gasteiger partial charge in [0, 0.05) is 21.8 Å². The van der Waals surface area contributed by atoms with Crippen molar-refractivity contribution in [1.29, 1.82) is 0 Å². The van der Waals surface area contributed by atoms with Crippen LogP contribution in [0.3, 0.4) is 0 Å². The molecule has 136 valence electrons. The van der Waals surface area contributed by atoms with E-state index in [-0.39, 0.29) is 17.6 Å². The van der Waals surface area contributed by atoms with Crippen molar-refractivity contribution in [2.45, 2.75) is 4.90 Å². The van der Waals surface area contributed by atoms with Gasteiger partial charge < -0.3 is 10.6 Å². The van der Waals surface area contributed by atoms with Crippen LogP contribution in [0.2, 0.25) is 0 Å². The van der Waals surface area contributed by atoms with Crippen LogP contribution in [0.15, 0.2) is 83.8 Å². The number of carbonyl (C=O) groups is 2. The van der Waals surface area contributed by atoms with Crippen LogP contribution in [-0.2, 0) is 4.79 Å². The zero-order valence-electron chi connectivity index (χ0n) is 14.3. The molecule has 0 aliphatic rings. The first-order valence-corrected chi connectivity index (χ1v) is 9.23. The number of para-hydroxylation sites is 1. The third kappa shape index (κ3) is 5.69. The Labute approximate surface area is 160 Å². The fourth-order valence-corrected chi connectivity index (χ4v) is 3.09. The topological polar surface area (TPSA) is 58.2 Å². The molecule has 2 N–H and O–H groups in total. The quantitative estimate of drug-likeness (QED) is 0.604. The van der Waals surface area contributed by atoms with E-state index in [4.69, 9.17) is 0 Å². The normalized spacial score (nSPS) is 10.3. The summed E-state index contributed by atoms with van der Waals surface area (Å²) < 4.78 is 13.0. The molecule has 0 spiro atoms. The molecule has 2 amide bonds. The van der Waals surface area contributed by atoms with Crippen LogP contribution in [0.4, 0.5) is 15.8 Å². The zero-order chi connectivity index (χ0) is 19.1. The summed E-state index contributed by atoms with van der Waals surface area (Å²) in [5.41, 5.74) is 1.73. The largest absolute Gasteiger partial charge is 0.325 e. The van der Waals surface area contributed by atoms with Gasteiger partial charge in [0.05, 0.1) is 5.75 Å². The van der Waals surface area contributed by atoms with Gasteiger partial charge in [-0.05, 0) is 54.6 Å². The molecule has 3 aromatic carbocycles. The van der Waals surface area contributed by atoms with Crippen LogP contribution >= 0.6 is 11.8 Å². The van der Waals surface area contributed by atoms with Crippen LogP contribution in [0.1, 0.15) is 10.4 Å². The number of amides is 2. The maximum absolute atomic E-state index is 13.0. The van der Waals surface area contributed by atoms with E-state index in [1.807, 2.05) is 36.4 Å². The molecule has 27 heavy (non-hydrogen) atoms. The molecule has 3 aromatic rings. The van der Waals surface area contributed by atoms with Gasteiger partial charge in [0.25, 0.3) is 5.91 Å². The minimum atomic E-state index is -0.390. The molecule has 0 radical (unpaired) electrons. The predicted octanol–water partition coefficient (Wildman–Crippen LogP) is 4.81. The van der Waals surface area contributed by atoms with E-state index in [0.717, 1.165) is 10.6 Å². The molecule has 0 unspecified atom stereocenters. The lowest BCUT2D eigenvalue weighted by Gasteiger charge is -2.08. The van der Waals surface area contributed by atoms with Crippen LogP contribution < -0.4 is 10.6 Å². The number of carbonyl (C=O) groups excluding carboxylic acids is 2. The minimum Gasteiger partial charge on any atom is -0.325 e. The Hall–Kier alpha value is -3.12. The monoisotopic (exact) mass is 380 g/mol. The van der Waals surface area contributed by atoms with Gasteiger partial charge in [-0.2, -0.15) is 0 Å². The SMILES string of the molecule is O=C(CSc1cccc(NC(=O)c2ccc(F)cc2)c1)Nc1ccccc1. The Morgan fingerprint density at radius 1 is 0.815 bits per heavy atom. The number of thioether (sulfide) groups is 1. The first-order chi connectivity index (χ1) is 13.1. The van der Waals surface area contributed by atoms with Crippen molar-refractivity contribution in [1.82, 2.24) is 0 Å². The third-order valence-electron chi connectivity index (χ3n) is 3.63. The molecule has 0 saturated carbocycles. The molecule has 0 bridgehead atoms. The highest BCUT2D eigenvalue weighted by atomic mass is 32.2. The Balaban J connectivity index is 1.56. The average molecular weight is 380 g/mol. The summed E-state index contributed by atoms with van der Waals surface area (Å²) >= 11 is 1.37.